The van der Waals surface area contributed by atoms with Crippen molar-refractivity contribution in [2.24, 2.45) is 0 Å². The Balaban J connectivity index is 1.46. The highest BCUT2D eigenvalue weighted by atomic mass is 35.5. The molecule has 0 radical (unpaired) electrons. The van der Waals surface area contributed by atoms with Crippen LogP contribution in [0.1, 0.15) is 16.2 Å². The first-order chi connectivity index (χ1) is 12.2. The van der Waals surface area contributed by atoms with Crippen LogP contribution in [-0.4, -0.2) is 21.1 Å². The number of carbonyl (C=O) groups is 1. The molecule has 2 aromatic heterocycles. The third-order valence-electron chi connectivity index (χ3n) is 3.48. The van der Waals surface area contributed by atoms with Crippen molar-refractivity contribution in [3.63, 3.8) is 0 Å². The zero-order valence-corrected chi connectivity index (χ0v) is 14.3. The van der Waals surface area contributed by atoms with Crippen LogP contribution in [-0.2, 0) is 11.3 Å². The number of fused-ring (bicyclic) bond motifs is 1. The lowest BCUT2D eigenvalue weighted by molar-refractivity contribution is 0.0430. The number of carbonyl (C=O) groups excluding carboxylic acids is 1. The van der Waals surface area contributed by atoms with Crippen molar-refractivity contribution >= 4 is 39.1 Å². The molecule has 0 bridgehead atoms. The fraction of sp³-hybridized carbons (Fsp3) is 0.0588. The molecule has 25 heavy (non-hydrogen) atoms. The number of esters is 1. The summed E-state index contributed by atoms with van der Waals surface area (Å²) in [5, 5.41) is 4.38. The lowest BCUT2D eigenvalue weighted by Gasteiger charge is -2.01. The summed E-state index contributed by atoms with van der Waals surface area (Å²) < 4.78 is 11.3. The van der Waals surface area contributed by atoms with E-state index in [9.17, 15) is 4.79 Å². The summed E-state index contributed by atoms with van der Waals surface area (Å²) in [5.41, 5.74) is 3.68. The molecule has 8 heteroatoms. The molecular formula is C17H10ClN3O3S. The molecule has 124 valence electrons. The largest absolute Gasteiger partial charge is 0.452 e. The number of ether oxygens (including phenoxy) is 1. The average Bonchev–Trinajstić information content (AvgIpc) is 3.28. The van der Waals surface area contributed by atoms with Gasteiger partial charge in [0.2, 0.25) is 5.82 Å². The zero-order valence-electron chi connectivity index (χ0n) is 12.7. The van der Waals surface area contributed by atoms with Gasteiger partial charge in [-0.1, -0.05) is 28.9 Å². The number of halogens is 1. The Morgan fingerprint density at radius 2 is 2.12 bits per heavy atom. The summed E-state index contributed by atoms with van der Waals surface area (Å²) in [6.45, 7) is -0.114. The Morgan fingerprint density at radius 3 is 3.00 bits per heavy atom. The lowest BCUT2D eigenvalue weighted by atomic mass is 10.2. The highest BCUT2D eigenvalue weighted by Gasteiger charge is 2.14. The van der Waals surface area contributed by atoms with Crippen molar-refractivity contribution in [2.75, 3.05) is 0 Å². The van der Waals surface area contributed by atoms with Gasteiger partial charge in [0.25, 0.3) is 5.89 Å². The van der Waals surface area contributed by atoms with E-state index in [4.69, 9.17) is 20.9 Å². The van der Waals surface area contributed by atoms with E-state index in [1.165, 1.54) is 11.3 Å². The smallest absolute Gasteiger partial charge is 0.338 e. The number of aromatic nitrogens is 3. The highest BCUT2D eigenvalue weighted by molar-refractivity contribution is 7.16. The number of hydrogen-bond donors (Lipinski definition) is 0. The maximum Gasteiger partial charge on any atom is 0.338 e. The summed E-state index contributed by atoms with van der Waals surface area (Å²) >= 11 is 7.57. The predicted molar refractivity (Wildman–Crippen MR) is 93.5 cm³/mol. The Hall–Kier alpha value is -2.77. The van der Waals surface area contributed by atoms with E-state index in [0.29, 0.717) is 22.0 Å². The molecule has 6 nitrogen and oxygen atoms in total. The van der Waals surface area contributed by atoms with Gasteiger partial charge in [0.05, 0.1) is 26.3 Å². The fourth-order valence-corrected chi connectivity index (χ4v) is 3.19. The van der Waals surface area contributed by atoms with Crippen molar-refractivity contribution in [2.45, 2.75) is 6.61 Å². The number of nitrogens with zero attached hydrogens (tertiary/aromatic N) is 3. The minimum atomic E-state index is -0.465. The van der Waals surface area contributed by atoms with E-state index in [2.05, 4.69) is 15.1 Å². The summed E-state index contributed by atoms with van der Waals surface area (Å²) in [4.78, 5) is 20.5. The second kappa shape index (κ2) is 6.62. The summed E-state index contributed by atoms with van der Waals surface area (Å²) in [6, 6.07) is 12.4. The highest BCUT2D eigenvalue weighted by Crippen LogP contribution is 2.25. The summed E-state index contributed by atoms with van der Waals surface area (Å²) in [7, 11) is 0. The van der Waals surface area contributed by atoms with Gasteiger partial charge in [0.15, 0.2) is 6.61 Å². The first kappa shape index (κ1) is 15.7. The standard InChI is InChI=1S/C17H10ClN3O3S/c18-12-4-2-1-3-11(12)16-20-15(24-21-16)8-23-17(22)10-5-6-13-14(7-10)25-9-19-13/h1-7,9H,8H2. The molecule has 4 aromatic rings. The predicted octanol–water partition coefficient (Wildman–Crippen LogP) is 4.36. The van der Waals surface area contributed by atoms with Crippen LogP contribution < -0.4 is 0 Å². The Labute approximate surface area is 151 Å². The van der Waals surface area contributed by atoms with Crippen LogP contribution in [0.15, 0.2) is 52.5 Å². The van der Waals surface area contributed by atoms with Crippen LogP contribution in [0.5, 0.6) is 0 Å². The van der Waals surface area contributed by atoms with E-state index >= 15 is 0 Å². The van der Waals surface area contributed by atoms with Crippen LogP contribution in [0.4, 0.5) is 0 Å². The first-order valence-electron chi connectivity index (χ1n) is 7.28. The molecule has 0 amide bonds. The molecule has 0 aliphatic heterocycles. The molecule has 0 saturated heterocycles. The van der Waals surface area contributed by atoms with E-state index in [1.54, 1.807) is 35.8 Å². The van der Waals surface area contributed by atoms with Crippen LogP contribution in [0, 0.1) is 0 Å². The van der Waals surface area contributed by atoms with Crippen molar-refractivity contribution in [3.8, 4) is 11.4 Å². The van der Waals surface area contributed by atoms with E-state index < -0.39 is 5.97 Å². The SMILES string of the molecule is O=C(OCc1nc(-c2ccccc2Cl)no1)c1ccc2ncsc2c1. The van der Waals surface area contributed by atoms with Gasteiger partial charge in [-0.25, -0.2) is 9.78 Å². The minimum Gasteiger partial charge on any atom is -0.452 e. The molecular weight excluding hydrogens is 362 g/mol. The van der Waals surface area contributed by atoms with Gasteiger partial charge in [-0.3, -0.25) is 0 Å². The minimum absolute atomic E-state index is 0.114. The van der Waals surface area contributed by atoms with Crippen LogP contribution >= 0.6 is 22.9 Å². The monoisotopic (exact) mass is 371 g/mol. The molecule has 0 aliphatic rings. The third-order valence-corrected chi connectivity index (χ3v) is 4.60. The maximum atomic E-state index is 12.2. The van der Waals surface area contributed by atoms with Gasteiger partial charge in [-0.05, 0) is 30.3 Å². The molecule has 0 atom stereocenters. The Morgan fingerprint density at radius 1 is 1.24 bits per heavy atom. The average molecular weight is 372 g/mol. The fourth-order valence-electron chi connectivity index (χ4n) is 2.26. The van der Waals surface area contributed by atoms with Crippen molar-refractivity contribution in [3.05, 3.63) is 64.5 Å². The molecule has 0 aliphatic carbocycles. The number of rotatable bonds is 4. The molecule has 2 aromatic carbocycles. The van der Waals surface area contributed by atoms with Crippen LogP contribution in [0.3, 0.4) is 0 Å². The molecule has 0 saturated carbocycles. The lowest BCUT2D eigenvalue weighted by Crippen LogP contribution is -2.05. The van der Waals surface area contributed by atoms with E-state index in [-0.39, 0.29) is 12.5 Å². The van der Waals surface area contributed by atoms with Gasteiger partial charge in [-0.15, -0.1) is 11.3 Å². The third kappa shape index (κ3) is 3.24. The van der Waals surface area contributed by atoms with Gasteiger partial charge in [-0.2, -0.15) is 4.98 Å². The van der Waals surface area contributed by atoms with Crippen molar-refractivity contribution in [1.82, 2.24) is 15.1 Å². The number of hydrogen-bond acceptors (Lipinski definition) is 7. The maximum absolute atomic E-state index is 12.2. The van der Waals surface area contributed by atoms with Gasteiger partial charge < -0.3 is 9.26 Å². The topological polar surface area (TPSA) is 78.1 Å². The summed E-state index contributed by atoms with van der Waals surface area (Å²) in [5.74, 6) is 0.0812. The quantitative estimate of drug-likeness (QED) is 0.496. The van der Waals surface area contributed by atoms with Crippen molar-refractivity contribution < 1.29 is 14.1 Å². The second-order valence-electron chi connectivity index (χ2n) is 5.10. The molecule has 0 spiro atoms. The molecule has 0 fully saturated rings. The number of thiazole rings is 1. The van der Waals surface area contributed by atoms with Gasteiger partial charge in [0.1, 0.15) is 0 Å². The van der Waals surface area contributed by atoms with E-state index in [1.807, 2.05) is 12.1 Å². The summed E-state index contributed by atoms with van der Waals surface area (Å²) in [6.07, 6.45) is 0. The van der Waals surface area contributed by atoms with Crippen LogP contribution in [0.25, 0.3) is 21.6 Å². The van der Waals surface area contributed by atoms with Crippen LogP contribution in [0.2, 0.25) is 5.02 Å². The Bertz CT molecular complexity index is 1060. The normalized spacial score (nSPS) is 10.9. The zero-order chi connectivity index (χ0) is 17.2. The Kier molecular flexibility index (Phi) is 4.17. The second-order valence-corrected chi connectivity index (χ2v) is 6.40. The molecule has 0 N–H and O–H groups in total. The van der Waals surface area contributed by atoms with E-state index in [0.717, 1.165) is 10.2 Å². The molecule has 0 unspecified atom stereocenters. The number of benzene rings is 2. The first-order valence-corrected chi connectivity index (χ1v) is 8.54. The molecule has 2 heterocycles. The van der Waals surface area contributed by atoms with Gasteiger partial charge in [0, 0.05) is 5.56 Å². The van der Waals surface area contributed by atoms with Crippen molar-refractivity contribution in [1.29, 1.82) is 0 Å². The van der Waals surface area contributed by atoms with Gasteiger partial charge >= 0.3 is 5.97 Å². The molecule has 4 rings (SSSR count).